The highest BCUT2D eigenvalue weighted by molar-refractivity contribution is 7.92. The van der Waals surface area contributed by atoms with E-state index in [9.17, 15) is 21.6 Å². The highest BCUT2D eigenvalue weighted by Crippen LogP contribution is 2.29. The SMILES string of the molecule is COc1ccc(S(=O)(=O)Nc2ccccc2OCC(F)(F)F)cc1C. The summed E-state index contributed by atoms with van der Waals surface area (Å²) < 4.78 is 73.9. The minimum atomic E-state index is -4.53. The Balaban J connectivity index is 2.28. The van der Waals surface area contributed by atoms with E-state index < -0.39 is 22.8 Å². The fourth-order valence-electron chi connectivity index (χ4n) is 2.06. The second-order valence-corrected chi connectivity index (χ2v) is 6.82. The molecule has 0 aliphatic heterocycles. The summed E-state index contributed by atoms with van der Waals surface area (Å²) in [5, 5.41) is 0. The number of sulfonamides is 1. The molecular formula is C16H16F3NO4S. The number of methoxy groups -OCH3 is 1. The lowest BCUT2D eigenvalue weighted by Gasteiger charge is -2.15. The van der Waals surface area contributed by atoms with Crippen LogP contribution in [0.3, 0.4) is 0 Å². The highest BCUT2D eigenvalue weighted by Gasteiger charge is 2.29. The number of hydrogen-bond acceptors (Lipinski definition) is 4. The molecule has 0 saturated heterocycles. The summed E-state index contributed by atoms with van der Waals surface area (Å²) in [5.74, 6) is 0.307. The van der Waals surface area contributed by atoms with Crippen LogP contribution in [0.2, 0.25) is 0 Å². The van der Waals surface area contributed by atoms with Gasteiger partial charge in [0.15, 0.2) is 6.61 Å². The van der Waals surface area contributed by atoms with Crippen LogP contribution in [0.1, 0.15) is 5.56 Å². The van der Waals surface area contributed by atoms with E-state index in [-0.39, 0.29) is 16.3 Å². The summed E-state index contributed by atoms with van der Waals surface area (Å²) in [7, 11) is -2.54. The first-order valence-corrected chi connectivity index (χ1v) is 8.57. The molecule has 0 bridgehead atoms. The lowest BCUT2D eigenvalue weighted by Crippen LogP contribution is -2.20. The molecule has 0 radical (unpaired) electrons. The Bertz CT molecular complexity index is 851. The molecule has 136 valence electrons. The zero-order valence-electron chi connectivity index (χ0n) is 13.4. The number of anilines is 1. The van der Waals surface area contributed by atoms with Gasteiger partial charge in [-0.05, 0) is 42.8 Å². The van der Waals surface area contributed by atoms with E-state index in [1.165, 1.54) is 49.6 Å². The molecule has 0 spiro atoms. The number of alkyl halides is 3. The summed E-state index contributed by atoms with van der Waals surface area (Å²) in [6, 6.07) is 9.74. The Morgan fingerprint density at radius 2 is 1.76 bits per heavy atom. The van der Waals surface area contributed by atoms with Crippen molar-refractivity contribution in [2.45, 2.75) is 18.0 Å². The highest BCUT2D eigenvalue weighted by atomic mass is 32.2. The van der Waals surface area contributed by atoms with Gasteiger partial charge in [-0.3, -0.25) is 4.72 Å². The molecule has 0 aliphatic carbocycles. The van der Waals surface area contributed by atoms with Crippen molar-refractivity contribution in [3.8, 4) is 11.5 Å². The molecule has 2 aromatic carbocycles. The van der Waals surface area contributed by atoms with Crippen molar-refractivity contribution in [3.63, 3.8) is 0 Å². The molecule has 0 amide bonds. The Hall–Kier alpha value is -2.42. The van der Waals surface area contributed by atoms with Crippen LogP contribution in [0.5, 0.6) is 11.5 Å². The molecule has 0 unspecified atom stereocenters. The Morgan fingerprint density at radius 3 is 2.36 bits per heavy atom. The quantitative estimate of drug-likeness (QED) is 0.835. The molecular weight excluding hydrogens is 359 g/mol. The number of hydrogen-bond donors (Lipinski definition) is 1. The lowest BCUT2D eigenvalue weighted by atomic mass is 10.2. The summed E-state index contributed by atoms with van der Waals surface area (Å²) in [6.45, 7) is 0.158. The van der Waals surface area contributed by atoms with E-state index in [0.29, 0.717) is 11.3 Å². The van der Waals surface area contributed by atoms with Crippen molar-refractivity contribution in [1.82, 2.24) is 0 Å². The number of para-hydroxylation sites is 2. The topological polar surface area (TPSA) is 64.6 Å². The van der Waals surface area contributed by atoms with Gasteiger partial charge in [-0.25, -0.2) is 8.42 Å². The van der Waals surface area contributed by atoms with Crippen LogP contribution in [0.4, 0.5) is 18.9 Å². The first-order chi connectivity index (χ1) is 11.6. The van der Waals surface area contributed by atoms with Crippen molar-refractivity contribution in [1.29, 1.82) is 0 Å². The third-order valence-corrected chi connectivity index (χ3v) is 4.56. The average Bonchev–Trinajstić information content (AvgIpc) is 2.53. The van der Waals surface area contributed by atoms with Gasteiger partial charge in [0.05, 0.1) is 17.7 Å². The summed E-state index contributed by atoms with van der Waals surface area (Å²) >= 11 is 0. The van der Waals surface area contributed by atoms with Gasteiger partial charge in [0.25, 0.3) is 10.0 Å². The van der Waals surface area contributed by atoms with Gasteiger partial charge < -0.3 is 9.47 Å². The van der Waals surface area contributed by atoms with Crippen molar-refractivity contribution >= 4 is 15.7 Å². The lowest BCUT2D eigenvalue weighted by molar-refractivity contribution is -0.153. The summed E-state index contributed by atoms with van der Waals surface area (Å²) in [6.07, 6.45) is -4.53. The van der Waals surface area contributed by atoms with Crippen LogP contribution in [0.25, 0.3) is 0 Å². The zero-order chi connectivity index (χ0) is 18.7. The van der Waals surface area contributed by atoms with Crippen LogP contribution in [0.15, 0.2) is 47.4 Å². The molecule has 0 fully saturated rings. The normalized spacial score (nSPS) is 11.9. The van der Waals surface area contributed by atoms with Crippen molar-refractivity contribution < 1.29 is 31.1 Å². The number of rotatable bonds is 6. The van der Waals surface area contributed by atoms with Gasteiger partial charge in [0, 0.05) is 0 Å². The molecule has 9 heteroatoms. The van der Waals surface area contributed by atoms with Gasteiger partial charge in [-0.1, -0.05) is 12.1 Å². The second-order valence-electron chi connectivity index (χ2n) is 5.14. The fourth-order valence-corrected chi connectivity index (χ4v) is 3.21. The van der Waals surface area contributed by atoms with Crippen LogP contribution >= 0.6 is 0 Å². The maximum Gasteiger partial charge on any atom is 0.422 e. The first-order valence-electron chi connectivity index (χ1n) is 7.08. The van der Waals surface area contributed by atoms with Crippen molar-refractivity contribution in [2.75, 3.05) is 18.4 Å². The number of aryl methyl sites for hydroxylation is 1. The number of ether oxygens (including phenoxy) is 2. The first kappa shape index (κ1) is 18.9. The molecule has 0 aliphatic rings. The molecule has 0 heterocycles. The summed E-state index contributed by atoms with van der Waals surface area (Å²) in [5.41, 5.74) is 0.521. The molecule has 0 saturated carbocycles. The van der Waals surface area contributed by atoms with Gasteiger partial charge >= 0.3 is 6.18 Å². The van der Waals surface area contributed by atoms with Crippen molar-refractivity contribution in [2.24, 2.45) is 0 Å². The minimum absolute atomic E-state index is 0.0450. The third kappa shape index (κ3) is 5.02. The Morgan fingerprint density at radius 1 is 1.08 bits per heavy atom. The Kier molecular flexibility index (Phi) is 5.46. The minimum Gasteiger partial charge on any atom is -0.496 e. The molecule has 5 nitrogen and oxygen atoms in total. The predicted octanol–water partition coefficient (Wildman–Crippen LogP) is 3.75. The van der Waals surface area contributed by atoms with Crippen LogP contribution in [0, 0.1) is 6.92 Å². The molecule has 2 aromatic rings. The van der Waals surface area contributed by atoms with E-state index in [1.54, 1.807) is 6.92 Å². The standard InChI is InChI=1S/C16H16F3NO4S/c1-11-9-12(7-8-14(11)23-2)25(21,22)20-13-5-3-4-6-15(13)24-10-16(17,18)19/h3-9,20H,10H2,1-2H3. The molecule has 0 aromatic heterocycles. The molecule has 0 atom stereocenters. The number of halogens is 3. The van der Waals surface area contributed by atoms with Crippen LogP contribution in [-0.2, 0) is 10.0 Å². The Labute approximate surface area is 143 Å². The van der Waals surface area contributed by atoms with E-state index in [2.05, 4.69) is 9.46 Å². The van der Waals surface area contributed by atoms with Crippen LogP contribution < -0.4 is 14.2 Å². The monoisotopic (exact) mass is 375 g/mol. The van der Waals surface area contributed by atoms with E-state index in [0.717, 1.165) is 0 Å². The smallest absolute Gasteiger partial charge is 0.422 e. The number of benzene rings is 2. The number of nitrogens with one attached hydrogen (secondary N) is 1. The predicted molar refractivity (Wildman–Crippen MR) is 86.5 cm³/mol. The second kappa shape index (κ2) is 7.22. The van der Waals surface area contributed by atoms with Gasteiger partial charge in [-0.2, -0.15) is 13.2 Å². The molecule has 1 N–H and O–H groups in total. The molecule has 2 rings (SSSR count). The fraction of sp³-hybridized carbons (Fsp3) is 0.250. The summed E-state index contributed by atoms with van der Waals surface area (Å²) in [4.78, 5) is -0.0450. The maximum absolute atomic E-state index is 12.5. The van der Waals surface area contributed by atoms with Crippen molar-refractivity contribution in [3.05, 3.63) is 48.0 Å². The van der Waals surface area contributed by atoms with E-state index in [4.69, 9.17) is 4.74 Å². The maximum atomic E-state index is 12.5. The third-order valence-electron chi connectivity index (χ3n) is 3.20. The van der Waals surface area contributed by atoms with Gasteiger partial charge in [0.2, 0.25) is 0 Å². The largest absolute Gasteiger partial charge is 0.496 e. The molecule has 25 heavy (non-hydrogen) atoms. The average molecular weight is 375 g/mol. The van der Waals surface area contributed by atoms with E-state index in [1.807, 2.05) is 0 Å². The van der Waals surface area contributed by atoms with Gasteiger partial charge in [-0.15, -0.1) is 0 Å². The van der Waals surface area contributed by atoms with Crippen LogP contribution in [-0.4, -0.2) is 28.3 Å². The zero-order valence-corrected chi connectivity index (χ0v) is 14.2. The van der Waals surface area contributed by atoms with E-state index >= 15 is 0 Å². The van der Waals surface area contributed by atoms with Gasteiger partial charge in [0.1, 0.15) is 11.5 Å².